The minimum atomic E-state index is 0.480. The normalized spacial score (nSPS) is 19.4. The van der Waals surface area contributed by atoms with E-state index in [4.69, 9.17) is 17.3 Å². The molecule has 0 saturated heterocycles. The lowest BCUT2D eigenvalue weighted by Gasteiger charge is -2.39. The zero-order valence-corrected chi connectivity index (χ0v) is 12.9. The second-order valence-corrected chi connectivity index (χ2v) is 6.77. The summed E-state index contributed by atoms with van der Waals surface area (Å²) in [5.41, 5.74) is 7.07. The van der Waals surface area contributed by atoms with Gasteiger partial charge in [-0.25, -0.2) is 4.98 Å². The van der Waals surface area contributed by atoms with E-state index in [2.05, 4.69) is 30.8 Å². The van der Waals surface area contributed by atoms with Crippen molar-refractivity contribution in [3.05, 3.63) is 22.8 Å². The number of halogens is 1. The molecule has 0 atom stereocenters. The number of nitrogens with two attached hydrogens (primary N) is 1. The smallest absolute Gasteiger partial charge is 0.147 e. The number of anilines is 1. The Balaban J connectivity index is 2.10. The molecule has 1 aliphatic rings. The summed E-state index contributed by atoms with van der Waals surface area (Å²) < 4.78 is 0. The quantitative estimate of drug-likeness (QED) is 0.920. The molecule has 3 nitrogen and oxygen atoms in total. The second-order valence-electron chi connectivity index (χ2n) is 6.36. The van der Waals surface area contributed by atoms with Crippen LogP contribution < -0.4 is 10.6 Å². The third kappa shape index (κ3) is 3.40. The minimum Gasteiger partial charge on any atom is -0.355 e. The maximum absolute atomic E-state index is 6.32. The molecule has 1 heterocycles. The van der Waals surface area contributed by atoms with Gasteiger partial charge in [-0.15, -0.1) is 0 Å². The predicted molar refractivity (Wildman–Crippen MR) is 81.6 cm³/mol. The van der Waals surface area contributed by atoms with Gasteiger partial charge in [0.25, 0.3) is 0 Å². The highest BCUT2D eigenvalue weighted by Crippen LogP contribution is 2.38. The van der Waals surface area contributed by atoms with Crippen LogP contribution in [-0.4, -0.2) is 18.1 Å². The first kappa shape index (κ1) is 14.6. The topological polar surface area (TPSA) is 42.2 Å². The van der Waals surface area contributed by atoms with Crippen molar-refractivity contribution in [1.82, 2.24) is 4.98 Å². The van der Waals surface area contributed by atoms with E-state index in [0.29, 0.717) is 23.0 Å². The van der Waals surface area contributed by atoms with Crippen LogP contribution >= 0.6 is 11.6 Å². The first-order valence-corrected chi connectivity index (χ1v) is 7.38. The molecule has 1 aromatic heterocycles. The zero-order valence-electron chi connectivity index (χ0n) is 12.1. The van der Waals surface area contributed by atoms with Gasteiger partial charge >= 0.3 is 0 Å². The Morgan fingerprint density at radius 3 is 2.58 bits per heavy atom. The summed E-state index contributed by atoms with van der Waals surface area (Å²) >= 11 is 6.32. The third-order valence-corrected chi connectivity index (χ3v) is 4.58. The summed E-state index contributed by atoms with van der Waals surface area (Å²) in [6.07, 6.45) is 6.77. The van der Waals surface area contributed by atoms with Crippen LogP contribution in [-0.2, 0) is 6.54 Å². The number of nitrogens with zero attached hydrogens (tertiary/aromatic N) is 2. The standard InChI is InChI=1S/C15H24ClN3/c1-15(2)6-4-12(5-7-15)19(3)14-13(16)8-11(9-17)10-18-14/h8,10,12H,4-7,9,17H2,1-3H3. The van der Waals surface area contributed by atoms with Gasteiger partial charge in [-0.2, -0.15) is 0 Å². The molecule has 0 unspecified atom stereocenters. The van der Waals surface area contributed by atoms with E-state index in [9.17, 15) is 0 Å². The molecule has 1 fully saturated rings. The molecule has 0 radical (unpaired) electrons. The van der Waals surface area contributed by atoms with Gasteiger partial charge in [0.2, 0.25) is 0 Å². The summed E-state index contributed by atoms with van der Waals surface area (Å²) in [5, 5.41) is 0.704. The Morgan fingerprint density at radius 1 is 1.42 bits per heavy atom. The van der Waals surface area contributed by atoms with Crippen LogP contribution in [0.3, 0.4) is 0 Å². The number of pyridine rings is 1. The fourth-order valence-corrected chi connectivity index (χ4v) is 3.11. The van der Waals surface area contributed by atoms with Crippen molar-refractivity contribution in [3.8, 4) is 0 Å². The molecule has 0 amide bonds. The highest BCUT2D eigenvalue weighted by atomic mass is 35.5. The Bertz CT molecular complexity index is 435. The summed E-state index contributed by atoms with van der Waals surface area (Å²) in [5.74, 6) is 0.878. The molecule has 4 heteroatoms. The Labute approximate surface area is 121 Å². The Hall–Kier alpha value is -0.800. The van der Waals surface area contributed by atoms with Crippen LogP contribution in [0.15, 0.2) is 12.3 Å². The maximum atomic E-state index is 6.32. The van der Waals surface area contributed by atoms with E-state index in [1.165, 1.54) is 25.7 Å². The van der Waals surface area contributed by atoms with Gasteiger partial charge in [-0.3, -0.25) is 0 Å². The van der Waals surface area contributed by atoms with Gasteiger partial charge in [-0.1, -0.05) is 25.4 Å². The predicted octanol–water partition coefficient (Wildman–Crippen LogP) is 3.60. The third-order valence-electron chi connectivity index (χ3n) is 4.30. The van der Waals surface area contributed by atoms with Gasteiger partial charge in [0.15, 0.2) is 0 Å². The minimum absolute atomic E-state index is 0.480. The summed E-state index contributed by atoms with van der Waals surface area (Å²) in [4.78, 5) is 6.71. The number of hydrogen-bond acceptors (Lipinski definition) is 3. The molecule has 0 aromatic carbocycles. The lowest BCUT2D eigenvalue weighted by Crippen LogP contribution is -2.37. The van der Waals surface area contributed by atoms with Crippen LogP contribution in [0.2, 0.25) is 5.02 Å². The van der Waals surface area contributed by atoms with E-state index in [1.54, 1.807) is 0 Å². The SMILES string of the molecule is CN(c1ncc(CN)cc1Cl)C1CCC(C)(C)CC1. The van der Waals surface area contributed by atoms with E-state index in [0.717, 1.165) is 11.4 Å². The molecular formula is C15H24ClN3. The van der Waals surface area contributed by atoms with Crippen LogP contribution in [0.5, 0.6) is 0 Å². The van der Waals surface area contributed by atoms with Crippen molar-refractivity contribution in [2.75, 3.05) is 11.9 Å². The van der Waals surface area contributed by atoms with E-state index in [1.807, 2.05) is 12.3 Å². The van der Waals surface area contributed by atoms with Crippen LogP contribution in [0.25, 0.3) is 0 Å². The number of rotatable bonds is 3. The summed E-state index contributed by atoms with van der Waals surface area (Å²) in [7, 11) is 2.10. The van der Waals surface area contributed by atoms with E-state index >= 15 is 0 Å². The summed E-state index contributed by atoms with van der Waals surface area (Å²) in [6, 6.07) is 2.47. The fourth-order valence-electron chi connectivity index (χ4n) is 2.79. The average Bonchev–Trinajstić information content (AvgIpc) is 2.37. The number of aromatic nitrogens is 1. The lowest BCUT2D eigenvalue weighted by atomic mass is 9.75. The fraction of sp³-hybridized carbons (Fsp3) is 0.667. The van der Waals surface area contributed by atoms with E-state index < -0.39 is 0 Å². The van der Waals surface area contributed by atoms with Gasteiger partial charge in [0.1, 0.15) is 5.82 Å². The summed E-state index contributed by atoms with van der Waals surface area (Å²) in [6.45, 7) is 5.18. The van der Waals surface area contributed by atoms with Crippen molar-refractivity contribution in [1.29, 1.82) is 0 Å². The zero-order chi connectivity index (χ0) is 14.0. The maximum Gasteiger partial charge on any atom is 0.147 e. The molecule has 106 valence electrons. The molecule has 0 bridgehead atoms. The van der Waals surface area contributed by atoms with Gasteiger partial charge in [0, 0.05) is 25.8 Å². The Kier molecular flexibility index (Phi) is 4.36. The molecule has 0 spiro atoms. The van der Waals surface area contributed by atoms with Crippen LogP contribution in [0.1, 0.15) is 45.1 Å². The average molecular weight is 282 g/mol. The van der Waals surface area contributed by atoms with E-state index in [-0.39, 0.29) is 0 Å². The highest BCUT2D eigenvalue weighted by molar-refractivity contribution is 6.33. The lowest BCUT2D eigenvalue weighted by molar-refractivity contribution is 0.222. The molecule has 19 heavy (non-hydrogen) atoms. The molecule has 2 rings (SSSR count). The van der Waals surface area contributed by atoms with Gasteiger partial charge in [0.05, 0.1) is 5.02 Å². The Morgan fingerprint density at radius 2 is 2.05 bits per heavy atom. The van der Waals surface area contributed by atoms with Crippen molar-refractivity contribution < 1.29 is 0 Å². The van der Waals surface area contributed by atoms with Crippen LogP contribution in [0, 0.1) is 5.41 Å². The largest absolute Gasteiger partial charge is 0.355 e. The number of hydrogen-bond donors (Lipinski definition) is 1. The molecule has 1 saturated carbocycles. The first-order valence-electron chi connectivity index (χ1n) is 7.00. The molecular weight excluding hydrogens is 258 g/mol. The molecule has 1 aliphatic carbocycles. The van der Waals surface area contributed by atoms with Gasteiger partial charge in [-0.05, 0) is 42.7 Å². The molecule has 0 aliphatic heterocycles. The van der Waals surface area contributed by atoms with Crippen molar-refractivity contribution in [2.24, 2.45) is 11.1 Å². The van der Waals surface area contributed by atoms with Crippen molar-refractivity contribution in [2.45, 2.75) is 52.1 Å². The monoisotopic (exact) mass is 281 g/mol. The van der Waals surface area contributed by atoms with Gasteiger partial charge < -0.3 is 10.6 Å². The van der Waals surface area contributed by atoms with Crippen molar-refractivity contribution in [3.63, 3.8) is 0 Å². The molecule has 1 aromatic rings. The van der Waals surface area contributed by atoms with Crippen molar-refractivity contribution >= 4 is 17.4 Å². The van der Waals surface area contributed by atoms with Crippen LogP contribution in [0.4, 0.5) is 5.82 Å². The highest BCUT2D eigenvalue weighted by Gasteiger charge is 2.29. The second kappa shape index (κ2) is 5.68. The molecule has 2 N–H and O–H groups in total. The first-order chi connectivity index (χ1) is 8.93.